The van der Waals surface area contributed by atoms with Gasteiger partial charge in [-0.25, -0.2) is 9.59 Å². The normalized spacial score (nSPS) is 12.1. The largest absolute Gasteiger partial charge is 0.480 e. The van der Waals surface area contributed by atoms with Crippen LogP contribution in [0.25, 0.3) is 33.1 Å². The van der Waals surface area contributed by atoms with E-state index >= 15 is 0 Å². The molecule has 0 spiro atoms. The lowest BCUT2D eigenvalue weighted by Gasteiger charge is -2.15. The molecule has 3 aromatic carbocycles. The number of thioether (sulfide) groups is 1. The van der Waals surface area contributed by atoms with Crippen molar-refractivity contribution in [2.24, 2.45) is 0 Å². The fraction of sp³-hybridized carbons (Fsp3) is 0.219. The van der Waals surface area contributed by atoms with E-state index in [9.17, 15) is 19.5 Å². The number of aryl methyl sites for hydroxylation is 3. The zero-order valence-corrected chi connectivity index (χ0v) is 23.3. The minimum atomic E-state index is -1.13. The van der Waals surface area contributed by atoms with Crippen molar-refractivity contribution in [2.75, 3.05) is 5.75 Å². The number of fused-ring (bicyclic) bond motifs is 2. The molecule has 40 heavy (non-hydrogen) atoms. The number of carbonyl (C=O) groups is 2. The molecule has 0 fully saturated rings. The third-order valence-electron chi connectivity index (χ3n) is 7.06. The van der Waals surface area contributed by atoms with Crippen LogP contribution in [0.5, 0.6) is 0 Å². The summed E-state index contributed by atoms with van der Waals surface area (Å²) in [7, 11) is 0. The molecule has 0 saturated carbocycles. The average molecular weight is 556 g/mol. The molecule has 0 radical (unpaired) electrons. The van der Waals surface area contributed by atoms with Crippen LogP contribution in [-0.4, -0.2) is 28.8 Å². The van der Waals surface area contributed by atoms with Gasteiger partial charge in [0, 0.05) is 33.4 Å². The predicted molar refractivity (Wildman–Crippen MR) is 158 cm³/mol. The fourth-order valence-electron chi connectivity index (χ4n) is 4.99. The Morgan fingerprint density at radius 2 is 1.55 bits per heavy atom. The first kappa shape index (κ1) is 27.3. The first-order valence-corrected chi connectivity index (χ1v) is 14.1. The highest BCUT2D eigenvalue weighted by Crippen LogP contribution is 2.39. The molecule has 1 atom stereocenters. The zero-order chi connectivity index (χ0) is 28.4. The Morgan fingerprint density at radius 1 is 0.900 bits per heavy atom. The van der Waals surface area contributed by atoms with Crippen molar-refractivity contribution in [3.63, 3.8) is 0 Å². The molecule has 1 amide bonds. The van der Waals surface area contributed by atoms with Gasteiger partial charge in [-0.1, -0.05) is 60.7 Å². The van der Waals surface area contributed by atoms with Gasteiger partial charge in [-0.3, -0.25) is 4.79 Å². The molecular weight excluding hydrogens is 526 g/mol. The summed E-state index contributed by atoms with van der Waals surface area (Å²) in [5, 5.41) is 13.8. The summed E-state index contributed by atoms with van der Waals surface area (Å²) < 4.78 is 11.8. The van der Waals surface area contributed by atoms with Crippen LogP contribution in [0.4, 0.5) is 0 Å². The van der Waals surface area contributed by atoms with E-state index in [1.165, 1.54) is 11.8 Å². The van der Waals surface area contributed by atoms with Crippen molar-refractivity contribution in [3.8, 4) is 11.1 Å². The maximum atomic E-state index is 13.0. The van der Waals surface area contributed by atoms with Crippen LogP contribution in [-0.2, 0) is 21.8 Å². The lowest BCUT2D eigenvalue weighted by molar-refractivity contribution is -0.141. The summed E-state index contributed by atoms with van der Waals surface area (Å²) in [5.41, 5.74) is 5.00. The van der Waals surface area contributed by atoms with Crippen LogP contribution in [0.1, 0.15) is 28.0 Å². The van der Waals surface area contributed by atoms with E-state index < -0.39 is 23.5 Å². The van der Waals surface area contributed by atoms with Gasteiger partial charge in [0.1, 0.15) is 23.0 Å². The third-order valence-corrected chi connectivity index (χ3v) is 8.17. The predicted octanol–water partition coefficient (Wildman–Crippen LogP) is 6.18. The third kappa shape index (κ3) is 5.40. The lowest BCUT2D eigenvalue weighted by atomic mass is 9.96. The number of nitrogens with one attached hydrogen (secondary N) is 1. The molecule has 0 aliphatic rings. The number of carboxylic acid groups (broad SMARTS) is 1. The summed E-state index contributed by atoms with van der Waals surface area (Å²) in [6, 6.07) is 20.5. The van der Waals surface area contributed by atoms with E-state index in [1.807, 2.05) is 80.6 Å². The number of amides is 1. The van der Waals surface area contributed by atoms with Crippen LogP contribution < -0.4 is 10.9 Å². The second-order valence-corrected chi connectivity index (χ2v) is 10.8. The fourth-order valence-corrected chi connectivity index (χ4v) is 6.00. The van der Waals surface area contributed by atoms with Crippen molar-refractivity contribution in [1.82, 2.24) is 5.32 Å². The summed E-state index contributed by atoms with van der Waals surface area (Å²) in [4.78, 5) is 37.8. The van der Waals surface area contributed by atoms with E-state index in [1.54, 1.807) is 6.92 Å². The molecule has 5 aromatic rings. The minimum absolute atomic E-state index is 0.195. The van der Waals surface area contributed by atoms with Gasteiger partial charge in [-0.2, -0.15) is 11.8 Å². The quantitative estimate of drug-likeness (QED) is 0.209. The maximum absolute atomic E-state index is 13.0. The highest BCUT2D eigenvalue weighted by atomic mass is 32.2. The topological polar surface area (TPSA) is 110 Å². The molecule has 0 saturated heterocycles. The van der Waals surface area contributed by atoms with Gasteiger partial charge in [0.2, 0.25) is 5.91 Å². The van der Waals surface area contributed by atoms with Crippen molar-refractivity contribution < 1.29 is 23.5 Å². The molecule has 2 N–H and O–H groups in total. The smallest absolute Gasteiger partial charge is 0.340 e. The Hall–Kier alpha value is -4.30. The highest BCUT2D eigenvalue weighted by molar-refractivity contribution is 7.98. The SMILES string of the molecule is Cc1oc2c(C)c3oc(=O)c(CC(=O)NC(CSCc4ccccc4)C(=O)O)c(C)c3cc2c1-c1ccccc1. The Morgan fingerprint density at radius 3 is 2.23 bits per heavy atom. The summed E-state index contributed by atoms with van der Waals surface area (Å²) in [6.07, 6.45) is -0.287. The number of benzene rings is 3. The van der Waals surface area contributed by atoms with Crippen molar-refractivity contribution >= 4 is 45.6 Å². The van der Waals surface area contributed by atoms with Crippen LogP contribution in [0.3, 0.4) is 0 Å². The standard InChI is InChI=1S/C32H29NO6S/c1-18-23-14-25-28(22-12-8-5-9-13-22)20(3)38-30(25)19(2)29(23)39-32(37)24(18)15-27(34)33-26(31(35)36)17-40-16-21-10-6-4-7-11-21/h4-14,26H,15-17H2,1-3H3,(H,33,34)(H,35,36). The zero-order valence-electron chi connectivity index (χ0n) is 22.4. The van der Waals surface area contributed by atoms with E-state index in [0.29, 0.717) is 33.4 Å². The Labute approximate surface area is 235 Å². The molecule has 2 heterocycles. The molecule has 2 aromatic heterocycles. The van der Waals surface area contributed by atoms with E-state index in [-0.39, 0.29) is 17.7 Å². The molecule has 204 valence electrons. The summed E-state index contributed by atoms with van der Waals surface area (Å²) >= 11 is 1.42. The number of carboxylic acids is 1. The van der Waals surface area contributed by atoms with E-state index in [4.69, 9.17) is 8.83 Å². The number of carbonyl (C=O) groups excluding carboxylic acids is 1. The number of hydrogen-bond acceptors (Lipinski definition) is 6. The van der Waals surface area contributed by atoms with Gasteiger partial charge in [0.15, 0.2) is 0 Å². The lowest BCUT2D eigenvalue weighted by Crippen LogP contribution is -2.43. The van der Waals surface area contributed by atoms with E-state index in [0.717, 1.165) is 27.8 Å². The van der Waals surface area contributed by atoms with Crippen LogP contribution in [0.2, 0.25) is 0 Å². The van der Waals surface area contributed by atoms with Gasteiger partial charge in [0.25, 0.3) is 0 Å². The molecule has 5 rings (SSSR count). The number of aliphatic carboxylic acids is 1. The van der Waals surface area contributed by atoms with Gasteiger partial charge in [-0.15, -0.1) is 0 Å². The van der Waals surface area contributed by atoms with Crippen molar-refractivity contribution in [1.29, 1.82) is 0 Å². The molecule has 8 heteroatoms. The molecule has 0 bridgehead atoms. The maximum Gasteiger partial charge on any atom is 0.340 e. The minimum Gasteiger partial charge on any atom is -0.480 e. The van der Waals surface area contributed by atoms with Gasteiger partial charge in [0.05, 0.1) is 12.0 Å². The molecule has 7 nitrogen and oxygen atoms in total. The highest BCUT2D eigenvalue weighted by Gasteiger charge is 2.24. The second-order valence-electron chi connectivity index (χ2n) is 9.78. The Balaban J connectivity index is 1.43. The van der Waals surface area contributed by atoms with Crippen molar-refractivity contribution in [2.45, 2.75) is 39.0 Å². The molecule has 0 aliphatic heterocycles. The number of hydrogen-bond donors (Lipinski definition) is 2. The Bertz CT molecular complexity index is 1770. The first-order chi connectivity index (χ1) is 19.2. The molecular formula is C32H29NO6S. The summed E-state index contributed by atoms with van der Waals surface area (Å²) in [5.74, 6) is -0.104. The molecule has 1 unspecified atom stereocenters. The number of rotatable bonds is 9. The first-order valence-electron chi connectivity index (χ1n) is 12.9. The Kier molecular flexibility index (Phi) is 7.80. The van der Waals surface area contributed by atoms with Gasteiger partial charge >= 0.3 is 11.6 Å². The van der Waals surface area contributed by atoms with Crippen LogP contribution in [0.15, 0.2) is 80.4 Å². The van der Waals surface area contributed by atoms with Gasteiger partial charge < -0.3 is 19.3 Å². The van der Waals surface area contributed by atoms with E-state index in [2.05, 4.69) is 5.32 Å². The van der Waals surface area contributed by atoms with Gasteiger partial charge in [-0.05, 0) is 43.5 Å². The number of furan rings is 1. The van der Waals surface area contributed by atoms with Crippen molar-refractivity contribution in [3.05, 3.63) is 105 Å². The second kappa shape index (κ2) is 11.4. The summed E-state index contributed by atoms with van der Waals surface area (Å²) in [6.45, 7) is 5.54. The van der Waals surface area contributed by atoms with Crippen LogP contribution in [0, 0.1) is 20.8 Å². The molecule has 0 aliphatic carbocycles. The van der Waals surface area contributed by atoms with Crippen LogP contribution >= 0.6 is 11.8 Å². The monoisotopic (exact) mass is 555 g/mol. The average Bonchev–Trinajstić information content (AvgIpc) is 3.28.